The predicted molar refractivity (Wildman–Crippen MR) is 97.1 cm³/mol. The summed E-state index contributed by atoms with van der Waals surface area (Å²) in [7, 11) is 1.64. The highest BCUT2D eigenvalue weighted by atomic mass is 19.1. The Kier molecular flexibility index (Phi) is 7.41. The van der Waals surface area contributed by atoms with E-state index in [1.807, 2.05) is 42.2 Å². The number of likely N-dealkylation sites (N-methyl/N-ethyl adjacent to an activating group) is 1. The van der Waals surface area contributed by atoms with Crippen molar-refractivity contribution < 1.29 is 13.9 Å². The molecule has 0 unspecified atom stereocenters. The van der Waals surface area contributed by atoms with Gasteiger partial charge in [0.15, 0.2) is 0 Å². The average Bonchev–Trinajstić information content (AvgIpc) is 2.61. The maximum atomic E-state index is 13.3. The van der Waals surface area contributed by atoms with Crippen molar-refractivity contribution >= 4 is 5.91 Å². The number of halogens is 1. The molecule has 1 N–H and O–H groups in total. The Morgan fingerprint density at radius 3 is 2.72 bits per heavy atom. The highest BCUT2D eigenvalue weighted by Crippen LogP contribution is 2.17. The van der Waals surface area contributed by atoms with Gasteiger partial charge in [-0.1, -0.05) is 37.3 Å². The second-order valence-corrected chi connectivity index (χ2v) is 5.84. The van der Waals surface area contributed by atoms with E-state index >= 15 is 0 Å². The quantitative estimate of drug-likeness (QED) is 0.760. The summed E-state index contributed by atoms with van der Waals surface area (Å²) in [5.74, 6) is 0.543. The number of ether oxygens (including phenoxy) is 1. The first-order valence-corrected chi connectivity index (χ1v) is 8.47. The molecule has 1 amide bonds. The average molecular weight is 344 g/mol. The zero-order valence-electron chi connectivity index (χ0n) is 14.8. The van der Waals surface area contributed by atoms with Crippen molar-refractivity contribution in [1.29, 1.82) is 0 Å². The lowest BCUT2D eigenvalue weighted by Gasteiger charge is -2.20. The number of para-hydroxylation sites is 1. The van der Waals surface area contributed by atoms with Gasteiger partial charge in [0.25, 0.3) is 0 Å². The predicted octanol–water partition coefficient (Wildman–Crippen LogP) is 3.02. The van der Waals surface area contributed by atoms with Crippen LogP contribution in [0.2, 0.25) is 0 Å². The number of hydrogen-bond donors (Lipinski definition) is 1. The molecule has 2 aromatic carbocycles. The van der Waals surface area contributed by atoms with Crippen LogP contribution in [-0.4, -0.2) is 37.6 Å². The first-order valence-electron chi connectivity index (χ1n) is 8.47. The molecule has 4 nitrogen and oxygen atoms in total. The summed E-state index contributed by atoms with van der Waals surface area (Å²) in [5, 5.41) is 2.93. The van der Waals surface area contributed by atoms with Crippen molar-refractivity contribution in [2.45, 2.75) is 19.9 Å². The van der Waals surface area contributed by atoms with E-state index in [-0.39, 0.29) is 11.7 Å². The number of nitrogens with zero attached hydrogens (tertiary/aromatic N) is 1. The minimum atomic E-state index is -0.255. The molecule has 0 radical (unpaired) electrons. The summed E-state index contributed by atoms with van der Waals surface area (Å²) >= 11 is 0. The Hall–Kier alpha value is -2.40. The summed E-state index contributed by atoms with van der Waals surface area (Å²) in [6.07, 6.45) is 0.714. The Bertz CT molecular complexity index is 691. The van der Waals surface area contributed by atoms with E-state index in [1.54, 1.807) is 13.2 Å². The molecule has 0 aliphatic heterocycles. The minimum absolute atomic E-state index is 0.0341. The fourth-order valence-electron chi connectivity index (χ4n) is 2.68. The SMILES string of the molecule is CCN(CC(=O)NCCc1ccccc1OC)Cc1cccc(F)c1. The van der Waals surface area contributed by atoms with Crippen molar-refractivity contribution in [3.05, 3.63) is 65.5 Å². The van der Waals surface area contributed by atoms with Gasteiger partial charge in [-0.3, -0.25) is 9.69 Å². The van der Waals surface area contributed by atoms with Gasteiger partial charge in [-0.25, -0.2) is 4.39 Å². The van der Waals surface area contributed by atoms with Gasteiger partial charge in [0.1, 0.15) is 11.6 Å². The molecule has 25 heavy (non-hydrogen) atoms. The highest BCUT2D eigenvalue weighted by molar-refractivity contribution is 5.78. The summed E-state index contributed by atoms with van der Waals surface area (Å²) < 4.78 is 18.6. The molecule has 2 rings (SSSR count). The van der Waals surface area contributed by atoms with Gasteiger partial charge in [-0.05, 0) is 42.3 Å². The molecule has 2 aromatic rings. The van der Waals surface area contributed by atoms with Crippen LogP contribution in [0.15, 0.2) is 48.5 Å². The van der Waals surface area contributed by atoms with Crippen LogP contribution in [0.4, 0.5) is 4.39 Å². The molecule has 0 saturated heterocycles. The number of benzene rings is 2. The second kappa shape index (κ2) is 9.79. The Labute approximate surface area is 148 Å². The zero-order chi connectivity index (χ0) is 18.1. The van der Waals surface area contributed by atoms with Gasteiger partial charge in [0, 0.05) is 13.1 Å². The number of methoxy groups -OCH3 is 1. The summed E-state index contributed by atoms with van der Waals surface area (Å²) in [6.45, 7) is 4.10. The van der Waals surface area contributed by atoms with Crippen LogP contribution >= 0.6 is 0 Å². The number of nitrogens with one attached hydrogen (secondary N) is 1. The molecule has 0 aliphatic rings. The molecule has 0 spiro atoms. The number of carbonyl (C=O) groups is 1. The lowest BCUT2D eigenvalue weighted by Crippen LogP contribution is -2.37. The first-order chi connectivity index (χ1) is 12.1. The Morgan fingerprint density at radius 1 is 1.20 bits per heavy atom. The number of carbonyl (C=O) groups excluding carboxylic acids is 1. The normalized spacial score (nSPS) is 10.7. The Balaban J connectivity index is 1.80. The molecule has 0 bridgehead atoms. The van der Waals surface area contributed by atoms with Crippen molar-refractivity contribution in [1.82, 2.24) is 10.2 Å². The van der Waals surface area contributed by atoms with Gasteiger partial charge in [0.2, 0.25) is 5.91 Å². The molecule has 0 saturated carbocycles. The van der Waals surface area contributed by atoms with Crippen molar-refractivity contribution in [2.24, 2.45) is 0 Å². The topological polar surface area (TPSA) is 41.6 Å². The fraction of sp³-hybridized carbons (Fsp3) is 0.350. The zero-order valence-corrected chi connectivity index (χ0v) is 14.8. The molecule has 0 heterocycles. The van der Waals surface area contributed by atoms with E-state index in [4.69, 9.17) is 4.74 Å². The third kappa shape index (κ3) is 6.19. The van der Waals surface area contributed by atoms with E-state index in [2.05, 4.69) is 5.32 Å². The monoisotopic (exact) mass is 344 g/mol. The second-order valence-electron chi connectivity index (χ2n) is 5.84. The van der Waals surface area contributed by atoms with Crippen LogP contribution in [-0.2, 0) is 17.8 Å². The number of rotatable bonds is 9. The number of hydrogen-bond acceptors (Lipinski definition) is 3. The van der Waals surface area contributed by atoms with Crippen LogP contribution < -0.4 is 10.1 Å². The largest absolute Gasteiger partial charge is 0.496 e. The third-order valence-corrected chi connectivity index (χ3v) is 4.02. The smallest absolute Gasteiger partial charge is 0.234 e. The van der Waals surface area contributed by atoms with Gasteiger partial charge in [0.05, 0.1) is 13.7 Å². The maximum Gasteiger partial charge on any atom is 0.234 e. The molecule has 134 valence electrons. The lowest BCUT2D eigenvalue weighted by molar-refractivity contribution is -0.122. The minimum Gasteiger partial charge on any atom is -0.496 e. The van der Waals surface area contributed by atoms with E-state index in [0.29, 0.717) is 26.1 Å². The molecule has 0 fully saturated rings. The van der Waals surface area contributed by atoms with Gasteiger partial charge < -0.3 is 10.1 Å². The third-order valence-electron chi connectivity index (χ3n) is 4.02. The maximum absolute atomic E-state index is 13.3. The standard InChI is InChI=1S/C20H25FN2O2/c1-3-23(14-16-7-6-9-18(21)13-16)15-20(24)22-12-11-17-8-4-5-10-19(17)25-2/h4-10,13H,3,11-12,14-15H2,1-2H3,(H,22,24). The van der Waals surface area contributed by atoms with Crippen LogP contribution in [0.5, 0.6) is 5.75 Å². The van der Waals surface area contributed by atoms with Gasteiger partial charge in [-0.15, -0.1) is 0 Å². The summed E-state index contributed by atoms with van der Waals surface area (Å²) in [5.41, 5.74) is 1.93. The fourth-order valence-corrected chi connectivity index (χ4v) is 2.68. The van der Waals surface area contributed by atoms with E-state index in [1.165, 1.54) is 12.1 Å². The summed E-state index contributed by atoms with van der Waals surface area (Å²) in [6, 6.07) is 14.3. The van der Waals surface area contributed by atoms with E-state index < -0.39 is 0 Å². The van der Waals surface area contributed by atoms with Crippen molar-refractivity contribution in [3.63, 3.8) is 0 Å². The van der Waals surface area contributed by atoms with Crippen LogP contribution in [0.25, 0.3) is 0 Å². The van der Waals surface area contributed by atoms with E-state index in [0.717, 1.165) is 23.4 Å². The first kappa shape index (κ1) is 18.9. The van der Waals surface area contributed by atoms with Gasteiger partial charge in [-0.2, -0.15) is 0 Å². The van der Waals surface area contributed by atoms with E-state index in [9.17, 15) is 9.18 Å². The summed E-state index contributed by atoms with van der Waals surface area (Å²) in [4.78, 5) is 14.1. The highest BCUT2D eigenvalue weighted by Gasteiger charge is 2.10. The van der Waals surface area contributed by atoms with Crippen molar-refractivity contribution in [3.8, 4) is 5.75 Å². The van der Waals surface area contributed by atoms with Crippen LogP contribution in [0.1, 0.15) is 18.1 Å². The lowest BCUT2D eigenvalue weighted by atomic mass is 10.1. The molecule has 5 heteroatoms. The number of amides is 1. The molecule has 0 aliphatic carbocycles. The Morgan fingerprint density at radius 2 is 2.00 bits per heavy atom. The van der Waals surface area contributed by atoms with Crippen molar-refractivity contribution in [2.75, 3.05) is 26.7 Å². The molecule has 0 aromatic heterocycles. The van der Waals surface area contributed by atoms with Crippen LogP contribution in [0.3, 0.4) is 0 Å². The molecule has 0 atom stereocenters. The van der Waals surface area contributed by atoms with Crippen LogP contribution in [0, 0.1) is 5.82 Å². The van der Waals surface area contributed by atoms with Gasteiger partial charge >= 0.3 is 0 Å². The molecular formula is C20H25FN2O2. The molecular weight excluding hydrogens is 319 g/mol.